The molecule has 0 radical (unpaired) electrons. The largest absolute Gasteiger partial charge is 0.497 e. The number of para-hydroxylation sites is 1. The predicted molar refractivity (Wildman–Crippen MR) is 129 cm³/mol. The van der Waals surface area contributed by atoms with E-state index in [1.165, 1.54) is 38.5 Å². The number of hydrogen-bond acceptors (Lipinski definition) is 8. The summed E-state index contributed by atoms with van der Waals surface area (Å²) < 4.78 is 44.2. The number of sulfonamides is 1. The minimum atomic E-state index is -3.91. The normalized spacial score (nSPS) is 11.1. The van der Waals surface area contributed by atoms with Crippen LogP contribution in [0.4, 0.5) is 11.7 Å². The summed E-state index contributed by atoms with van der Waals surface area (Å²) in [7, 11) is -0.883. The van der Waals surface area contributed by atoms with Crippen LogP contribution in [0, 0.1) is 6.92 Å². The average Bonchev–Trinajstić information content (AvgIpc) is 3.32. The number of amides is 1. The highest BCUT2D eigenvalue weighted by atomic mass is 32.2. The lowest BCUT2D eigenvalue weighted by Gasteiger charge is -2.12. The van der Waals surface area contributed by atoms with Gasteiger partial charge in [0.2, 0.25) is 0 Å². The number of methoxy groups -OCH3 is 2. The van der Waals surface area contributed by atoms with Gasteiger partial charge in [0.25, 0.3) is 21.8 Å². The number of nitrogens with one attached hydrogen (secondary N) is 2. The first-order valence-electron chi connectivity index (χ1n) is 10.4. The summed E-state index contributed by atoms with van der Waals surface area (Å²) in [5.41, 5.74) is 1.61. The van der Waals surface area contributed by atoms with Crippen molar-refractivity contribution >= 4 is 27.6 Å². The third kappa shape index (κ3) is 5.25. The lowest BCUT2D eigenvalue weighted by Crippen LogP contribution is -2.18. The first-order chi connectivity index (χ1) is 16.8. The molecule has 0 aliphatic rings. The zero-order valence-corrected chi connectivity index (χ0v) is 19.9. The molecule has 4 rings (SSSR count). The van der Waals surface area contributed by atoms with E-state index in [0.29, 0.717) is 17.1 Å². The van der Waals surface area contributed by atoms with Crippen LogP contribution < -0.4 is 19.5 Å². The third-order valence-corrected chi connectivity index (χ3v) is 6.41. The number of benzene rings is 3. The quantitative estimate of drug-likeness (QED) is 0.374. The number of nitrogens with zero attached hydrogens (tertiary/aromatic N) is 2. The Hall–Kier alpha value is -4.38. The Bertz CT molecular complexity index is 1470. The summed E-state index contributed by atoms with van der Waals surface area (Å²) >= 11 is 0. The Kier molecular flexibility index (Phi) is 6.69. The Labute approximate surface area is 202 Å². The van der Waals surface area contributed by atoms with Gasteiger partial charge < -0.3 is 13.9 Å². The summed E-state index contributed by atoms with van der Waals surface area (Å²) in [5.74, 6) is 0.516. The van der Waals surface area contributed by atoms with E-state index in [1.54, 1.807) is 42.5 Å². The van der Waals surface area contributed by atoms with Crippen molar-refractivity contribution in [3.05, 3.63) is 77.9 Å². The van der Waals surface area contributed by atoms with Gasteiger partial charge in [-0.25, -0.2) is 8.42 Å². The van der Waals surface area contributed by atoms with Gasteiger partial charge in [-0.3, -0.25) is 14.8 Å². The van der Waals surface area contributed by atoms with Gasteiger partial charge in [0.15, 0.2) is 0 Å². The molecule has 0 unspecified atom stereocenters. The summed E-state index contributed by atoms with van der Waals surface area (Å²) in [6.07, 6.45) is 0. The van der Waals surface area contributed by atoms with E-state index in [0.717, 1.165) is 5.56 Å². The number of aromatic nitrogens is 2. The maximum Gasteiger partial charge on any atom is 0.322 e. The van der Waals surface area contributed by atoms with Crippen LogP contribution in [0.25, 0.3) is 11.5 Å². The van der Waals surface area contributed by atoms with Crippen LogP contribution in [0.1, 0.15) is 15.9 Å². The van der Waals surface area contributed by atoms with Crippen molar-refractivity contribution < 1.29 is 27.1 Å². The van der Waals surface area contributed by atoms with Gasteiger partial charge in [-0.1, -0.05) is 34.9 Å². The molecule has 0 bridgehead atoms. The highest BCUT2D eigenvalue weighted by Crippen LogP contribution is 2.33. The monoisotopic (exact) mass is 494 g/mol. The highest BCUT2D eigenvalue weighted by molar-refractivity contribution is 7.92. The first kappa shape index (κ1) is 23.8. The molecule has 0 saturated carbocycles. The van der Waals surface area contributed by atoms with Crippen LogP contribution in [-0.2, 0) is 10.0 Å². The Morgan fingerprint density at radius 1 is 0.943 bits per heavy atom. The molecular weight excluding hydrogens is 472 g/mol. The molecule has 11 heteroatoms. The topological polar surface area (TPSA) is 133 Å². The second-order valence-electron chi connectivity index (χ2n) is 7.40. The molecule has 0 spiro atoms. The maximum atomic E-state index is 12.9. The van der Waals surface area contributed by atoms with Crippen LogP contribution in [0.2, 0.25) is 0 Å². The van der Waals surface area contributed by atoms with Crippen molar-refractivity contribution in [2.45, 2.75) is 11.8 Å². The standard InChI is InChI=1S/C24H22N4O6S/c1-15-8-11-17(12-9-15)35(30,31)28-20-7-5-4-6-18(20)22(29)25-24-27-26-23(34-24)19-13-10-16(32-2)14-21(19)33-3/h4-14,28H,1-3H3,(H,25,27,29). The van der Waals surface area contributed by atoms with Gasteiger partial charge in [0.05, 0.1) is 35.9 Å². The van der Waals surface area contributed by atoms with E-state index in [4.69, 9.17) is 13.9 Å². The van der Waals surface area contributed by atoms with E-state index in [2.05, 4.69) is 20.2 Å². The summed E-state index contributed by atoms with van der Waals surface area (Å²) in [4.78, 5) is 13.0. The number of anilines is 2. The summed E-state index contributed by atoms with van der Waals surface area (Å²) in [5, 5.41) is 10.3. The van der Waals surface area contributed by atoms with Crippen LogP contribution in [0.15, 0.2) is 76.0 Å². The van der Waals surface area contributed by atoms with Crippen molar-refractivity contribution in [1.82, 2.24) is 10.2 Å². The van der Waals surface area contributed by atoms with E-state index in [-0.39, 0.29) is 28.1 Å². The number of carbonyl (C=O) groups is 1. The van der Waals surface area contributed by atoms with Crippen molar-refractivity contribution in [2.75, 3.05) is 24.3 Å². The van der Waals surface area contributed by atoms with Gasteiger partial charge in [-0.15, -0.1) is 5.10 Å². The molecule has 1 heterocycles. The van der Waals surface area contributed by atoms with Crippen LogP contribution >= 0.6 is 0 Å². The molecule has 0 saturated heterocycles. The molecule has 1 amide bonds. The van der Waals surface area contributed by atoms with Crippen LogP contribution in [-0.4, -0.2) is 38.7 Å². The lowest BCUT2D eigenvalue weighted by atomic mass is 10.2. The second-order valence-corrected chi connectivity index (χ2v) is 9.08. The predicted octanol–water partition coefficient (Wildman–Crippen LogP) is 4.12. The van der Waals surface area contributed by atoms with Gasteiger partial charge in [-0.05, 0) is 43.3 Å². The third-order valence-electron chi connectivity index (χ3n) is 5.03. The fourth-order valence-electron chi connectivity index (χ4n) is 3.21. The molecule has 0 atom stereocenters. The molecule has 0 fully saturated rings. The Balaban J connectivity index is 1.55. The molecule has 1 aromatic heterocycles. The maximum absolute atomic E-state index is 12.9. The molecule has 2 N–H and O–H groups in total. The van der Waals surface area contributed by atoms with Crippen LogP contribution in [0.5, 0.6) is 11.5 Å². The van der Waals surface area contributed by atoms with Crippen molar-refractivity contribution in [3.8, 4) is 23.0 Å². The summed E-state index contributed by atoms with van der Waals surface area (Å²) in [6.45, 7) is 1.86. The van der Waals surface area contributed by atoms with Crippen molar-refractivity contribution in [3.63, 3.8) is 0 Å². The first-order valence-corrected chi connectivity index (χ1v) is 11.8. The zero-order valence-electron chi connectivity index (χ0n) is 19.1. The fraction of sp³-hybridized carbons (Fsp3) is 0.125. The zero-order chi connectivity index (χ0) is 25.0. The number of aryl methyl sites for hydroxylation is 1. The molecule has 4 aromatic rings. The molecule has 3 aromatic carbocycles. The van der Waals surface area contributed by atoms with Crippen LogP contribution in [0.3, 0.4) is 0 Å². The molecule has 180 valence electrons. The van der Waals surface area contributed by atoms with E-state index in [9.17, 15) is 13.2 Å². The van der Waals surface area contributed by atoms with Crippen molar-refractivity contribution in [2.24, 2.45) is 0 Å². The highest BCUT2D eigenvalue weighted by Gasteiger charge is 2.21. The van der Waals surface area contributed by atoms with Gasteiger partial charge in [0, 0.05) is 6.07 Å². The van der Waals surface area contributed by atoms with Gasteiger partial charge in [0.1, 0.15) is 11.5 Å². The lowest BCUT2D eigenvalue weighted by molar-refractivity contribution is 0.102. The molecule has 35 heavy (non-hydrogen) atoms. The van der Waals surface area contributed by atoms with Gasteiger partial charge >= 0.3 is 6.01 Å². The van der Waals surface area contributed by atoms with E-state index >= 15 is 0 Å². The fourth-order valence-corrected chi connectivity index (χ4v) is 4.29. The Morgan fingerprint density at radius 3 is 2.40 bits per heavy atom. The smallest absolute Gasteiger partial charge is 0.322 e. The van der Waals surface area contributed by atoms with E-state index < -0.39 is 15.9 Å². The van der Waals surface area contributed by atoms with E-state index in [1.807, 2.05) is 6.92 Å². The number of rotatable bonds is 8. The minimum absolute atomic E-state index is 0.0740. The Morgan fingerprint density at radius 2 is 1.69 bits per heavy atom. The van der Waals surface area contributed by atoms with Gasteiger partial charge in [-0.2, -0.15) is 0 Å². The molecule has 10 nitrogen and oxygen atoms in total. The van der Waals surface area contributed by atoms with Crippen molar-refractivity contribution in [1.29, 1.82) is 0 Å². The number of hydrogen-bond donors (Lipinski definition) is 2. The minimum Gasteiger partial charge on any atom is -0.497 e. The SMILES string of the molecule is COc1ccc(-c2nnc(NC(=O)c3ccccc3NS(=O)(=O)c3ccc(C)cc3)o2)c(OC)c1. The number of ether oxygens (including phenoxy) is 2. The summed E-state index contributed by atoms with van der Waals surface area (Å²) in [6, 6.07) is 17.5. The number of carbonyl (C=O) groups excluding carboxylic acids is 1. The second kappa shape index (κ2) is 9.85. The molecule has 0 aliphatic carbocycles. The molecular formula is C24H22N4O6S. The molecule has 0 aliphatic heterocycles. The average molecular weight is 495 g/mol.